The number of likely N-dealkylation sites (tertiary alicyclic amines) is 1. The molecule has 0 aliphatic carbocycles. The largest absolute Gasteiger partial charge is 0.497 e. The highest BCUT2D eigenvalue weighted by Gasteiger charge is 2.29. The summed E-state index contributed by atoms with van der Waals surface area (Å²) in [6, 6.07) is 15.6. The molecule has 1 amide bonds. The number of amides is 1. The van der Waals surface area contributed by atoms with Crippen molar-refractivity contribution in [2.75, 3.05) is 13.7 Å². The Labute approximate surface area is 192 Å². The van der Waals surface area contributed by atoms with Crippen LogP contribution < -0.4 is 4.74 Å². The summed E-state index contributed by atoms with van der Waals surface area (Å²) in [5.74, 6) is 0.862. The van der Waals surface area contributed by atoms with Crippen LogP contribution in [0.4, 0.5) is 5.69 Å². The molecule has 0 radical (unpaired) electrons. The molecule has 4 rings (SSSR count). The molecule has 1 atom stereocenters. The summed E-state index contributed by atoms with van der Waals surface area (Å²) in [7, 11) is 1.66. The molecule has 3 aromatic rings. The smallest absolute Gasteiger partial charge is 0.312 e. The lowest BCUT2D eigenvalue weighted by Crippen LogP contribution is -2.36. The minimum absolute atomic E-state index is 0.0358. The summed E-state index contributed by atoms with van der Waals surface area (Å²) in [5.41, 5.74) is 3.72. The summed E-state index contributed by atoms with van der Waals surface area (Å²) in [5, 5.41) is 15.5. The fourth-order valence-corrected chi connectivity index (χ4v) is 4.58. The van der Waals surface area contributed by atoms with Crippen LogP contribution in [-0.2, 0) is 13.0 Å². The van der Waals surface area contributed by atoms with E-state index in [0.717, 1.165) is 42.7 Å². The highest BCUT2D eigenvalue weighted by atomic mass is 16.6. The number of ether oxygens (including phenoxy) is 1. The van der Waals surface area contributed by atoms with Gasteiger partial charge in [-0.25, -0.2) is 0 Å². The first-order valence-electron chi connectivity index (χ1n) is 11.1. The highest BCUT2D eigenvalue weighted by Crippen LogP contribution is 2.26. The molecule has 33 heavy (non-hydrogen) atoms. The zero-order chi connectivity index (χ0) is 23.5. The van der Waals surface area contributed by atoms with Crippen LogP contribution in [0.1, 0.15) is 45.7 Å². The first-order chi connectivity index (χ1) is 15.9. The molecule has 0 spiro atoms. The Balaban J connectivity index is 1.45. The van der Waals surface area contributed by atoms with Gasteiger partial charge in [-0.2, -0.15) is 5.10 Å². The van der Waals surface area contributed by atoms with E-state index in [-0.39, 0.29) is 17.6 Å². The lowest BCUT2D eigenvalue weighted by atomic mass is 10.0. The van der Waals surface area contributed by atoms with Gasteiger partial charge in [0.1, 0.15) is 17.1 Å². The van der Waals surface area contributed by atoms with Crippen LogP contribution in [0.2, 0.25) is 0 Å². The van der Waals surface area contributed by atoms with E-state index >= 15 is 0 Å². The van der Waals surface area contributed by atoms with E-state index in [1.807, 2.05) is 47.4 Å². The second-order valence-corrected chi connectivity index (χ2v) is 8.48. The van der Waals surface area contributed by atoms with Crippen molar-refractivity contribution < 1.29 is 14.5 Å². The molecule has 2 heterocycles. The number of rotatable bonds is 7. The van der Waals surface area contributed by atoms with Crippen molar-refractivity contribution in [2.45, 2.75) is 45.7 Å². The van der Waals surface area contributed by atoms with Crippen molar-refractivity contribution in [3.05, 3.63) is 86.7 Å². The molecule has 1 aromatic heterocycles. The third kappa shape index (κ3) is 4.74. The van der Waals surface area contributed by atoms with Gasteiger partial charge in [-0.1, -0.05) is 24.3 Å². The van der Waals surface area contributed by atoms with Gasteiger partial charge in [-0.3, -0.25) is 19.6 Å². The van der Waals surface area contributed by atoms with Gasteiger partial charge >= 0.3 is 5.69 Å². The quantitative estimate of drug-likeness (QED) is 0.397. The Hall–Kier alpha value is -3.68. The zero-order valence-electron chi connectivity index (χ0n) is 19.2. The second-order valence-electron chi connectivity index (χ2n) is 8.48. The molecule has 1 saturated heterocycles. The fraction of sp³-hybridized carbons (Fsp3) is 0.360. The maximum absolute atomic E-state index is 13.2. The van der Waals surface area contributed by atoms with E-state index in [1.54, 1.807) is 25.6 Å². The predicted molar refractivity (Wildman–Crippen MR) is 125 cm³/mol. The number of carbonyl (C=O) groups is 1. The summed E-state index contributed by atoms with van der Waals surface area (Å²) >= 11 is 0. The van der Waals surface area contributed by atoms with Gasteiger partial charge in [0.15, 0.2) is 0 Å². The van der Waals surface area contributed by atoms with Crippen molar-refractivity contribution in [1.29, 1.82) is 0 Å². The van der Waals surface area contributed by atoms with Gasteiger partial charge in [-0.05, 0) is 68.5 Å². The van der Waals surface area contributed by atoms with E-state index in [9.17, 15) is 14.9 Å². The van der Waals surface area contributed by atoms with Crippen molar-refractivity contribution in [1.82, 2.24) is 14.7 Å². The molecule has 1 fully saturated rings. The number of benzene rings is 2. The minimum atomic E-state index is -0.395. The van der Waals surface area contributed by atoms with Crippen molar-refractivity contribution in [3.8, 4) is 5.75 Å². The third-order valence-corrected chi connectivity index (χ3v) is 6.30. The lowest BCUT2D eigenvalue weighted by Gasteiger charge is -2.25. The van der Waals surface area contributed by atoms with Gasteiger partial charge in [0.05, 0.1) is 18.6 Å². The van der Waals surface area contributed by atoms with Crippen LogP contribution in [0.15, 0.2) is 48.5 Å². The summed E-state index contributed by atoms with van der Waals surface area (Å²) < 4.78 is 6.96. The Kier molecular flexibility index (Phi) is 6.44. The van der Waals surface area contributed by atoms with Crippen molar-refractivity contribution in [3.63, 3.8) is 0 Å². The number of methoxy groups -OCH3 is 1. The number of nitrogens with zero attached hydrogens (tertiary/aromatic N) is 4. The number of aromatic nitrogens is 2. The number of aryl methyl sites for hydroxylation is 1. The fourth-order valence-electron chi connectivity index (χ4n) is 4.58. The maximum Gasteiger partial charge on any atom is 0.312 e. The standard InChI is InChI=1S/C25H28N4O4/c1-17-24(29(31)32)18(2)28(26-17)16-19-9-11-21(12-10-19)25(30)27-13-5-7-22(27)14-20-6-4-8-23(15-20)33-3/h4,6,8-12,15,22H,5,7,13-14,16H2,1-3H3. The zero-order valence-corrected chi connectivity index (χ0v) is 19.2. The van der Waals surface area contributed by atoms with Gasteiger partial charge in [0, 0.05) is 18.2 Å². The molecule has 172 valence electrons. The number of nitro groups is 1. The summed E-state index contributed by atoms with van der Waals surface area (Å²) in [4.78, 5) is 26.0. The molecule has 1 unspecified atom stereocenters. The molecule has 8 nitrogen and oxygen atoms in total. The third-order valence-electron chi connectivity index (χ3n) is 6.30. The van der Waals surface area contributed by atoms with Gasteiger partial charge in [-0.15, -0.1) is 0 Å². The Morgan fingerprint density at radius 3 is 2.61 bits per heavy atom. The number of hydrogen-bond donors (Lipinski definition) is 0. The van der Waals surface area contributed by atoms with Crippen LogP contribution in [-0.4, -0.2) is 45.2 Å². The predicted octanol–water partition coefficient (Wildman–Crippen LogP) is 4.31. The van der Waals surface area contributed by atoms with Crippen LogP contribution in [0, 0.1) is 24.0 Å². The second kappa shape index (κ2) is 9.44. The first kappa shape index (κ1) is 22.5. The van der Waals surface area contributed by atoms with E-state index < -0.39 is 4.92 Å². The van der Waals surface area contributed by atoms with Crippen LogP contribution >= 0.6 is 0 Å². The summed E-state index contributed by atoms with van der Waals surface area (Å²) in [6.07, 6.45) is 2.78. The lowest BCUT2D eigenvalue weighted by molar-refractivity contribution is -0.386. The Morgan fingerprint density at radius 1 is 1.18 bits per heavy atom. The molecule has 8 heteroatoms. The Morgan fingerprint density at radius 2 is 1.94 bits per heavy atom. The van der Waals surface area contributed by atoms with Gasteiger partial charge < -0.3 is 9.64 Å². The molecule has 0 saturated carbocycles. The van der Waals surface area contributed by atoms with Crippen LogP contribution in [0.5, 0.6) is 5.75 Å². The molecule has 1 aliphatic heterocycles. The normalized spacial score (nSPS) is 15.6. The summed E-state index contributed by atoms with van der Waals surface area (Å²) in [6.45, 7) is 4.51. The molecule has 2 aromatic carbocycles. The first-order valence-corrected chi connectivity index (χ1v) is 11.1. The van der Waals surface area contributed by atoms with Crippen LogP contribution in [0.25, 0.3) is 0 Å². The van der Waals surface area contributed by atoms with E-state index in [1.165, 1.54) is 0 Å². The molecular formula is C25H28N4O4. The average molecular weight is 449 g/mol. The maximum atomic E-state index is 13.2. The number of carbonyl (C=O) groups excluding carboxylic acids is 1. The molecular weight excluding hydrogens is 420 g/mol. The molecule has 1 aliphatic rings. The topological polar surface area (TPSA) is 90.5 Å². The van der Waals surface area contributed by atoms with Crippen LogP contribution in [0.3, 0.4) is 0 Å². The van der Waals surface area contributed by atoms with Crippen molar-refractivity contribution in [2.24, 2.45) is 0 Å². The molecule has 0 N–H and O–H groups in total. The van der Waals surface area contributed by atoms with E-state index in [2.05, 4.69) is 11.2 Å². The highest BCUT2D eigenvalue weighted by molar-refractivity contribution is 5.94. The van der Waals surface area contributed by atoms with Crippen molar-refractivity contribution >= 4 is 11.6 Å². The van der Waals surface area contributed by atoms with E-state index in [0.29, 0.717) is 23.5 Å². The monoisotopic (exact) mass is 448 g/mol. The van der Waals surface area contributed by atoms with Gasteiger partial charge in [0.25, 0.3) is 5.91 Å². The SMILES string of the molecule is COc1cccc(CC2CCCN2C(=O)c2ccc(Cn3nc(C)c([N+](=O)[O-])c3C)cc2)c1. The molecule has 0 bridgehead atoms. The minimum Gasteiger partial charge on any atom is -0.497 e. The van der Waals surface area contributed by atoms with E-state index in [4.69, 9.17) is 4.74 Å². The number of hydrogen-bond acceptors (Lipinski definition) is 5. The van der Waals surface area contributed by atoms with Gasteiger partial charge in [0.2, 0.25) is 0 Å². The Bertz CT molecular complexity index is 1170. The average Bonchev–Trinajstić information content (AvgIpc) is 3.37.